The van der Waals surface area contributed by atoms with Crippen LogP contribution in [0.2, 0.25) is 0 Å². The van der Waals surface area contributed by atoms with Gasteiger partial charge in [0, 0.05) is 6.20 Å². The molecule has 6 heteroatoms. The molecule has 2 N–H and O–H groups in total. The number of aromatic nitrogens is 2. The third-order valence-electron chi connectivity index (χ3n) is 2.48. The lowest BCUT2D eigenvalue weighted by Crippen LogP contribution is -2.45. The maximum absolute atomic E-state index is 11.8. The average Bonchev–Trinajstić information content (AvgIpc) is 2.62. The minimum Gasteiger partial charge on any atom is -0.444 e. The number of aliphatic hydroxyl groups is 1. The van der Waals surface area contributed by atoms with Gasteiger partial charge in [0.05, 0.1) is 24.4 Å². The Kier molecular flexibility index (Phi) is 4.57. The lowest BCUT2D eigenvalue weighted by atomic mass is 10.0. The van der Waals surface area contributed by atoms with Crippen LogP contribution in [0.1, 0.15) is 40.3 Å². The van der Waals surface area contributed by atoms with Gasteiger partial charge in [-0.1, -0.05) is 0 Å². The molecule has 0 unspecified atom stereocenters. The van der Waals surface area contributed by atoms with Crippen LogP contribution in [0.25, 0.3) is 0 Å². The van der Waals surface area contributed by atoms with E-state index >= 15 is 0 Å². The number of alkyl carbamates (subject to hydrolysis) is 1. The van der Waals surface area contributed by atoms with Gasteiger partial charge in [-0.15, -0.1) is 0 Å². The number of carbonyl (C=O) groups excluding carboxylic acids is 1. The van der Waals surface area contributed by atoms with E-state index in [4.69, 9.17) is 9.84 Å². The molecule has 0 radical (unpaired) electrons. The summed E-state index contributed by atoms with van der Waals surface area (Å²) in [6.07, 6.45) is 1.16. The fraction of sp³-hybridized carbons (Fsp3) is 0.692. The average molecular weight is 269 g/mol. The van der Waals surface area contributed by atoms with Gasteiger partial charge in [0.2, 0.25) is 0 Å². The normalized spacial score (nSPS) is 12.3. The van der Waals surface area contributed by atoms with Crippen molar-refractivity contribution in [3.63, 3.8) is 0 Å². The van der Waals surface area contributed by atoms with Crippen molar-refractivity contribution in [1.29, 1.82) is 0 Å². The fourth-order valence-electron chi connectivity index (χ4n) is 1.76. The molecule has 0 saturated heterocycles. The molecule has 0 aliphatic heterocycles. The van der Waals surface area contributed by atoms with Crippen LogP contribution >= 0.6 is 0 Å². The lowest BCUT2D eigenvalue weighted by Gasteiger charge is -2.29. The molecular weight excluding hydrogens is 246 g/mol. The molecule has 1 aromatic rings. The summed E-state index contributed by atoms with van der Waals surface area (Å²) in [6.45, 7) is 9.56. The molecule has 0 spiro atoms. The Morgan fingerprint density at radius 3 is 2.58 bits per heavy atom. The molecule has 0 bridgehead atoms. The summed E-state index contributed by atoms with van der Waals surface area (Å²) in [5.74, 6) is 0. The van der Waals surface area contributed by atoms with Gasteiger partial charge in [-0.05, 0) is 40.7 Å². The predicted octanol–water partition coefficient (Wildman–Crippen LogP) is 1.64. The number of aliphatic hydroxyl groups excluding tert-OH is 1. The van der Waals surface area contributed by atoms with E-state index in [1.165, 1.54) is 0 Å². The maximum Gasteiger partial charge on any atom is 0.408 e. The first kappa shape index (κ1) is 15.5. The third-order valence-corrected chi connectivity index (χ3v) is 2.48. The summed E-state index contributed by atoms with van der Waals surface area (Å²) in [5.41, 5.74) is -0.355. The molecule has 1 amide bonds. The number of hydrogen-bond acceptors (Lipinski definition) is 4. The first-order valence-electron chi connectivity index (χ1n) is 6.30. The summed E-state index contributed by atoms with van der Waals surface area (Å²) in [4.78, 5) is 11.8. The van der Waals surface area contributed by atoms with Crippen molar-refractivity contribution in [2.45, 2.75) is 52.3 Å². The highest BCUT2D eigenvalue weighted by molar-refractivity contribution is 5.68. The molecule has 1 rings (SSSR count). The van der Waals surface area contributed by atoms with E-state index in [1.54, 1.807) is 10.9 Å². The lowest BCUT2D eigenvalue weighted by molar-refractivity contribution is 0.0466. The number of rotatable bonds is 4. The largest absolute Gasteiger partial charge is 0.444 e. The second-order valence-electron chi connectivity index (χ2n) is 5.92. The van der Waals surface area contributed by atoms with Crippen LogP contribution in [0, 0.1) is 0 Å². The predicted molar refractivity (Wildman–Crippen MR) is 71.7 cm³/mol. The van der Waals surface area contributed by atoms with Gasteiger partial charge < -0.3 is 15.2 Å². The Morgan fingerprint density at radius 1 is 1.42 bits per heavy atom. The van der Waals surface area contributed by atoms with Crippen molar-refractivity contribution in [2.24, 2.45) is 0 Å². The van der Waals surface area contributed by atoms with Gasteiger partial charge in [0.15, 0.2) is 0 Å². The van der Waals surface area contributed by atoms with Gasteiger partial charge >= 0.3 is 6.09 Å². The molecule has 19 heavy (non-hydrogen) atoms. The van der Waals surface area contributed by atoms with E-state index in [9.17, 15) is 4.79 Å². The Hall–Kier alpha value is -1.56. The Morgan fingerprint density at radius 2 is 2.05 bits per heavy atom. The number of carbonyl (C=O) groups is 1. The highest BCUT2D eigenvalue weighted by atomic mass is 16.6. The number of ether oxygens (including phenoxy) is 1. The molecular formula is C13H23N3O3. The minimum atomic E-state index is -0.631. The third kappa shape index (κ3) is 4.55. The number of hydrogen-bond donors (Lipinski definition) is 2. The molecule has 1 aromatic heterocycles. The first-order chi connectivity index (χ1) is 8.65. The fourth-order valence-corrected chi connectivity index (χ4v) is 1.76. The van der Waals surface area contributed by atoms with Crippen molar-refractivity contribution in [2.75, 3.05) is 6.61 Å². The summed E-state index contributed by atoms with van der Waals surface area (Å²) < 4.78 is 6.91. The van der Waals surface area contributed by atoms with Crippen LogP contribution in [0.4, 0.5) is 4.79 Å². The number of nitrogens with one attached hydrogen (secondary N) is 1. The Balaban J connectivity index is 2.80. The molecule has 0 atom stereocenters. The molecule has 0 saturated carbocycles. The van der Waals surface area contributed by atoms with Gasteiger partial charge in [0.25, 0.3) is 0 Å². The smallest absolute Gasteiger partial charge is 0.408 e. The van der Waals surface area contributed by atoms with Crippen LogP contribution in [-0.4, -0.2) is 33.2 Å². The Labute approximate surface area is 113 Å². The van der Waals surface area contributed by atoms with Crippen LogP contribution in [0.3, 0.4) is 0 Å². The number of nitrogens with zero attached hydrogens (tertiary/aromatic N) is 2. The quantitative estimate of drug-likeness (QED) is 0.871. The minimum absolute atomic E-state index is 0.00278. The monoisotopic (exact) mass is 269 g/mol. The molecule has 0 fully saturated rings. The highest BCUT2D eigenvalue weighted by Gasteiger charge is 2.28. The summed E-state index contributed by atoms with van der Waals surface area (Å²) in [7, 11) is 0. The van der Waals surface area contributed by atoms with Crippen LogP contribution in [-0.2, 0) is 16.8 Å². The molecule has 0 aliphatic carbocycles. The first-order valence-corrected chi connectivity index (χ1v) is 6.30. The highest BCUT2D eigenvalue weighted by Crippen LogP contribution is 2.20. The van der Waals surface area contributed by atoms with Crippen LogP contribution in [0.15, 0.2) is 12.3 Å². The molecule has 6 nitrogen and oxygen atoms in total. The maximum atomic E-state index is 11.8. The van der Waals surface area contributed by atoms with E-state index < -0.39 is 17.2 Å². The van der Waals surface area contributed by atoms with E-state index in [-0.39, 0.29) is 6.61 Å². The van der Waals surface area contributed by atoms with Crippen molar-refractivity contribution in [3.8, 4) is 0 Å². The van der Waals surface area contributed by atoms with Crippen molar-refractivity contribution < 1.29 is 14.6 Å². The van der Waals surface area contributed by atoms with Gasteiger partial charge in [-0.25, -0.2) is 4.79 Å². The van der Waals surface area contributed by atoms with Crippen molar-refractivity contribution in [3.05, 3.63) is 18.0 Å². The van der Waals surface area contributed by atoms with Crippen molar-refractivity contribution in [1.82, 2.24) is 15.1 Å². The van der Waals surface area contributed by atoms with Gasteiger partial charge in [-0.2, -0.15) is 5.10 Å². The summed E-state index contributed by atoms with van der Waals surface area (Å²) in [5, 5.41) is 15.9. The standard InChI is InChI=1S/C13H23N3O3/c1-12(2,3)19-11(18)15-13(4,5)10-6-7-14-16(10)8-9-17/h6-7,17H,8-9H2,1-5H3,(H,15,18). The molecule has 108 valence electrons. The Bertz CT molecular complexity index is 433. The van der Waals surface area contributed by atoms with Crippen molar-refractivity contribution >= 4 is 6.09 Å². The van der Waals surface area contributed by atoms with Crippen LogP contribution in [0.5, 0.6) is 0 Å². The molecule has 1 heterocycles. The zero-order chi connectivity index (χ0) is 14.7. The second-order valence-corrected chi connectivity index (χ2v) is 5.92. The summed E-state index contributed by atoms with van der Waals surface area (Å²) in [6, 6.07) is 1.81. The van der Waals surface area contributed by atoms with E-state index in [0.717, 1.165) is 5.69 Å². The zero-order valence-corrected chi connectivity index (χ0v) is 12.2. The van der Waals surface area contributed by atoms with E-state index in [1.807, 2.05) is 40.7 Å². The van der Waals surface area contributed by atoms with Gasteiger partial charge in [0.1, 0.15) is 5.60 Å². The van der Waals surface area contributed by atoms with Gasteiger partial charge in [-0.3, -0.25) is 4.68 Å². The zero-order valence-electron chi connectivity index (χ0n) is 12.2. The summed E-state index contributed by atoms with van der Waals surface area (Å²) >= 11 is 0. The number of amides is 1. The molecule has 0 aliphatic rings. The van der Waals surface area contributed by atoms with E-state index in [0.29, 0.717) is 6.54 Å². The molecule has 0 aromatic carbocycles. The topological polar surface area (TPSA) is 76.4 Å². The van der Waals surface area contributed by atoms with Crippen LogP contribution < -0.4 is 5.32 Å². The van der Waals surface area contributed by atoms with E-state index in [2.05, 4.69) is 10.4 Å². The second kappa shape index (κ2) is 5.61. The SMILES string of the molecule is CC(C)(C)OC(=O)NC(C)(C)c1ccnn1CCO.